The third kappa shape index (κ3) is 2.94. The van der Waals surface area contributed by atoms with Crippen LogP contribution in [0.2, 0.25) is 0 Å². The monoisotopic (exact) mass is 370 g/mol. The van der Waals surface area contributed by atoms with Crippen molar-refractivity contribution in [1.82, 2.24) is 10.2 Å². The van der Waals surface area contributed by atoms with Gasteiger partial charge >= 0.3 is 0 Å². The predicted molar refractivity (Wildman–Crippen MR) is 84.4 cm³/mol. The van der Waals surface area contributed by atoms with E-state index in [1.807, 2.05) is 25.1 Å². The normalized spacial score (nSPS) is 23.6. The van der Waals surface area contributed by atoms with Crippen LogP contribution in [-0.4, -0.2) is 36.0 Å². The first-order chi connectivity index (χ1) is 9.15. The molecule has 1 saturated carbocycles. The topological polar surface area (TPSA) is 32.3 Å². The van der Waals surface area contributed by atoms with Crippen LogP contribution in [0.15, 0.2) is 18.2 Å². The van der Waals surface area contributed by atoms with E-state index in [-0.39, 0.29) is 5.91 Å². The summed E-state index contributed by atoms with van der Waals surface area (Å²) in [6.45, 7) is 4.21. The van der Waals surface area contributed by atoms with Crippen LogP contribution in [0.3, 0.4) is 0 Å². The number of amides is 1. The highest BCUT2D eigenvalue weighted by atomic mass is 127. The first-order valence-electron chi connectivity index (χ1n) is 6.95. The van der Waals surface area contributed by atoms with E-state index < -0.39 is 0 Å². The summed E-state index contributed by atoms with van der Waals surface area (Å²) in [4.78, 5) is 14.9. The van der Waals surface area contributed by atoms with Crippen LogP contribution < -0.4 is 5.32 Å². The number of carbonyl (C=O) groups is 1. The Kier molecular flexibility index (Phi) is 3.80. The molecule has 1 amide bonds. The average molecular weight is 370 g/mol. The van der Waals surface area contributed by atoms with Crippen LogP contribution in [0.25, 0.3) is 0 Å². The van der Waals surface area contributed by atoms with E-state index in [0.717, 1.165) is 34.7 Å². The summed E-state index contributed by atoms with van der Waals surface area (Å²) in [7, 11) is 0. The van der Waals surface area contributed by atoms with Gasteiger partial charge in [-0.05, 0) is 60.4 Å². The molecule has 1 saturated heterocycles. The zero-order valence-electron chi connectivity index (χ0n) is 11.2. The lowest BCUT2D eigenvalue weighted by molar-refractivity contribution is 0.0936. The number of hydrogen-bond acceptors (Lipinski definition) is 2. The molecule has 1 N–H and O–H groups in total. The summed E-state index contributed by atoms with van der Waals surface area (Å²) in [6, 6.07) is 7.04. The highest BCUT2D eigenvalue weighted by Crippen LogP contribution is 2.29. The lowest BCUT2D eigenvalue weighted by Gasteiger charge is -2.16. The van der Waals surface area contributed by atoms with Gasteiger partial charge in [0.25, 0.3) is 5.91 Å². The average Bonchev–Trinajstić information content (AvgIpc) is 3.14. The van der Waals surface area contributed by atoms with Crippen LogP contribution in [0, 0.1) is 10.5 Å². The molecular formula is C15H19IN2O. The van der Waals surface area contributed by atoms with Gasteiger partial charge in [-0.3, -0.25) is 9.69 Å². The van der Waals surface area contributed by atoms with E-state index in [0.29, 0.717) is 6.04 Å². The second-order valence-electron chi connectivity index (χ2n) is 5.62. The van der Waals surface area contributed by atoms with Gasteiger partial charge in [0.05, 0.1) is 5.56 Å². The summed E-state index contributed by atoms with van der Waals surface area (Å²) < 4.78 is 1.06. The molecule has 4 heteroatoms. The second kappa shape index (κ2) is 5.40. The Morgan fingerprint density at radius 2 is 2.16 bits per heavy atom. The number of aryl methyl sites for hydroxylation is 1. The molecule has 1 atom stereocenters. The van der Waals surface area contributed by atoms with Crippen LogP contribution in [0.5, 0.6) is 0 Å². The van der Waals surface area contributed by atoms with Crippen molar-refractivity contribution in [3.05, 3.63) is 32.9 Å². The number of likely N-dealkylation sites (tertiary alicyclic amines) is 1. The van der Waals surface area contributed by atoms with E-state index in [2.05, 4.69) is 32.8 Å². The molecule has 102 valence electrons. The molecule has 3 rings (SSSR count). The Bertz CT molecular complexity index is 499. The summed E-state index contributed by atoms with van der Waals surface area (Å²) in [6.07, 6.45) is 3.78. The van der Waals surface area contributed by atoms with Crippen molar-refractivity contribution in [2.24, 2.45) is 0 Å². The fraction of sp³-hybridized carbons (Fsp3) is 0.533. The van der Waals surface area contributed by atoms with Gasteiger partial charge < -0.3 is 5.32 Å². The number of rotatable bonds is 3. The number of carbonyl (C=O) groups excluding carboxylic acids is 1. The Morgan fingerprint density at radius 3 is 2.89 bits per heavy atom. The van der Waals surface area contributed by atoms with Crippen LogP contribution in [0.4, 0.5) is 0 Å². The number of hydrogen-bond donors (Lipinski definition) is 1. The first-order valence-corrected chi connectivity index (χ1v) is 8.03. The van der Waals surface area contributed by atoms with Gasteiger partial charge in [0.2, 0.25) is 0 Å². The molecule has 1 heterocycles. The minimum atomic E-state index is 0.0794. The summed E-state index contributed by atoms with van der Waals surface area (Å²) in [5.74, 6) is 0.0794. The Labute approximate surface area is 127 Å². The maximum atomic E-state index is 12.3. The van der Waals surface area contributed by atoms with E-state index in [1.54, 1.807) is 0 Å². The maximum Gasteiger partial charge on any atom is 0.252 e. The molecule has 3 nitrogen and oxygen atoms in total. The van der Waals surface area contributed by atoms with E-state index in [9.17, 15) is 4.79 Å². The van der Waals surface area contributed by atoms with Crippen molar-refractivity contribution in [3.63, 3.8) is 0 Å². The number of nitrogens with one attached hydrogen (secondary N) is 1. The highest BCUT2D eigenvalue weighted by molar-refractivity contribution is 14.1. The van der Waals surface area contributed by atoms with Crippen molar-refractivity contribution in [2.75, 3.05) is 13.1 Å². The molecule has 1 aromatic carbocycles. The molecule has 19 heavy (non-hydrogen) atoms. The van der Waals surface area contributed by atoms with Gasteiger partial charge in [0.1, 0.15) is 0 Å². The fourth-order valence-corrected chi connectivity index (χ4v) is 3.37. The molecule has 0 bridgehead atoms. The third-order valence-corrected chi connectivity index (χ3v) is 5.49. The summed E-state index contributed by atoms with van der Waals surface area (Å²) in [5, 5.41) is 3.19. The second-order valence-corrected chi connectivity index (χ2v) is 6.70. The largest absolute Gasteiger partial charge is 0.348 e. The third-order valence-electron chi connectivity index (χ3n) is 4.05. The number of benzene rings is 1. The molecule has 2 fully saturated rings. The fourth-order valence-electron chi connectivity index (χ4n) is 2.76. The Hall–Kier alpha value is -0.620. The van der Waals surface area contributed by atoms with E-state index in [4.69, 9.17) is 0 Å². The molecule has 1 aliphatic heterocycles. The van der Waals surface area contributed by atoms with Crippen molar-refractivity contribution in [2.45, 2.75) is 38.3 Å². The van der Waals surface area contributed by atoms with Crippen LogP contribution >= 0.6 is 22.6 Å². The number of halogens is 1. The molecular weight excluding hydrogens is 351 g/mol. The minimum Gasteiger partial charge on any atom is -0.348 e. The van der Waals surface area contributed by atoms with E-state index >= 15 is 0 Å². The SMILES string of the molecule is Cc1cccc(C(=O)NC2CCN(C3CC3)C2)c1I. The lowest BCUT2D eigenvalue weighted by atomic mass is 10.1. The minimum absolute atomic E-state index is 0.0794. The molecule has 0 radical (unpaired) electrons. The van der Waals surface area contributed by atoms with Gasteiger partial charge in [0.15, 0.2) is 0 Å². The van der Waals surface area contributed by atoms with Gasteiger partial charge in [-0.25, -0.2) is 0 Å². The smallest absolute Gasteiger partial charge is 0.252 e. The molecule has 0 spiro atoms. The van der Waals surface area contributed by atoms with Crippen molar-refractivity contribution in [1.29, 1.82) is 0 Å². The zero-order chi connectivity index (χ0) is 13.4. The first kappa shape index (κ1) is 13.4. The standard InChI is InChI=1S/C15H19IN2O/c1-10-3-2-4-13(14(10)16)15(19)17-11-7-8-18(9-11)12-5-6-12/h2-4,11-12H,5-9H2,1H3,(H,17,19). The molecule has 1 aromatic rings. The molecule has 2 aliphatic rings. The Balaban J connectivity index is 1.63. The maximum absolute atomic E-state index is 12.3. The van der Waals surface area contributed by atoms with Gasteiger partial charge in [-0.1, -0.05) is 12.1 Å². The van der Waals surface area contributed by atoms with Crippen molar-refractivity contribution >= 4 is 28.5 Å². The van der Waals surface area contributed by atoms with Gasteiger partial charge in [0, 0.05) is 28.7 Å². The summed E-state index contributed by atoms with van der Waals surface area (Å²) in [5.41, 5.74) is 1.98. The van der Waals surface area contributed by atoms with Crippen LogP contribution in [-0.2, 0) is 0 Å². The lowest BCUT2D eigenvalue weighted by Crippen LogP contribution is -2.37. The quantitative estimate of drug-likeness (QED) is 0.830. The Morgan fingerprint density at radius 1 is 1.37 bits per heavy atom. The van der Waals surface area contributed by atoms with Crippen molar-refractivity contribution < 1.29 is 4.79 Å². The highest BCUT2D eigenvalue weighted by Gasteiger charge is 2.34. The predicted octanol–water partition coefficient (Wildman–Crippen LogP) is 2.57. The van der Waals surface area contributed by atoms with Gasteiger partial charge in [-0.2, -0.15) is 0 Å². The molecule has 1 unspecified atom stereocenters. The molecule has 0 aromatic heterocycles. The van der Waals surface area contributed by atoms with Crippen LogP contribution in [0.1, 0.15) is 35.2 Å². The summed E-state index contributed by atoms with van der Waals surface area (Å²) >= 11 is 2.26. The number of nitrogens with zero attached hydrogens (tertiary/aromatic N) is 1. The zero-order valence-corrected chi connectivity index (χ0v) is 13.3. The van der Waals surface area contributed by atoms with Crippen molar-refractivity contribution in [3.8, 4) is 0 Å². The van der Waals surface area contributed by atoms with Gasteiger partial charge in [-0.15, -0.1) is 0 Å². The molecule has 1 aliphatic carbocycles. The van der Waals surface area contributed by atoms with E-state index in [1.165, 1.54) is 18.4 Å².